The third-order valence-electron chi connectivity index (χ3n) is 3.35. The molecule has 3 N–H and O–H groups in total. The molecule has 1 heterocycles. The lowest BCUT2D eigenvalue weighted by Gasteiger charge is -2.29. The Balaban J connectivity index is 2.26. The smallest absolute Gasteiger partial charge is 0.310 e. The summed E-state index contributed by atoms with van der Waals surface area (Å²) in [4.78, 5) is 14.2. The molecular weight excluding hydrogens is 220 g/mol. The van der Waals surface area contributed by atoms with Gasteiger partial charge in [-0.2, -0.15) is 0 Å². The number of hydrogen-bond acceptors (Lipinski definition) is 5. The predicted molar refractivity (Wildman–Crippen MR) is 64.8 cm³/mol. The number of nitro groups is 1. The lowest BCUT2D eigenvalue weighted by atomic mass is 9.97. The van der Waals surface area contributed by atoms with E-state index in [1.54, 1.807) is 12.3 Å². The predicted octanol–water partition coefficient (Wildman–Crippen LogP) is 1.67. The summed E-state index contributed by atoms with van der Waals surface area (Å²) in [5.41, 5.74) is 6.12. The van der Waals surface area contributed by atoms with Gasteiger partial charge >= 0.3 is 5.69 Å². The molecule has 2 rings (SSSR count). The standard InChI is InChI=1S/C11H16N4O2/c12-8-11(4-1-2-5-11)14-9-3-6-13-7-10(9)15(16)17/h3,6-7H,1-2,4-5,8,12H2,(H,13,14). The van der Waals surface area contributed by atoms with Gasteiger partial charge in [0.25, 0.3) is 0 Å². The first-order chi connectivity index (χ1) is 8.17. The minimum atomic E-state index is -0.422. The molecule has 0 saturated heterocycles. The van der Waals surface area contributed by atoms with Crippen molar-refractivity contribution in [2.75, 3.05) is 11.9 Å². The van der Waals surface area contributed by atoms with Gasteiger partial charge in [-0.3, -0.25) is 15.1 Å². The molecule has 1 aliphatic carbocycles. The quantitative estimate of drug-likeness (QED) is 0.612. The van der Waals surface area contributed by atoms with E-state index >= 15 is 0 Å². The Morgan fingerprint density at radius 3 is 2.82 bits per heavy atom. The Kier molecular flexibility index (Phi) is 3.23. The van der Waals surface area contributed by atoms with Crippen LogP contribution in [0.15, 0.2) is 18.5 Å². The normalized spacial score (nSPS) is 17.9. The van der Waals surface area contributed by atoms with Crippen molar-refractivity contribution < 1.29 is 4.92 Å². The molecule has 1 aromatic heterocycles. The van der Waals surface area contributed by atoms with Crippen LogP contribution in [0, 0.1) is 10.1 Å². The van der Waals surface area contributed by atoms with E-state index in [1.165, 1.54) is 6.20 Å². The molecule has 0 spiro atoms. The number of anilines is 1. The van der Waals surface area contributed by atoms with Gasteiger partial charge in [0, 0.05) is 18.3 Å². The van der Waals surface area contributed by atoms with Gasteiger partial charge in [0.15, 0.2) is 0 Å². The maximum Gasteiger partial charge on any atom is 0.310 e. The van der Waals surface area contributed by atoms with Gasteiger partial charge in [-0.05, 0) is 18.9 Å². The van der Waals surface area contributed by atoms with Crippen LogP contribution in [0.4, 0.5) is 11.4 Å². The van der Waals surface area contributed by atoms with E-state index in [1.807, 2.05) is 0 Å². The molecule has 0 bridgehead atoms. The van der Waals surface area contributed by atoms with Crippen molar-refractivity contribution in [3.63, 3.8) is 0 Å². The van der Waals surface area contributed by atoms with Crippen molar-refractivity contribution in [2.24, 2.45) is 5.73 Å². The number of nitrogens with zero attached hydrogens (tertiary/aromatic N) is 2. The molecule has 6 nitrogen and oxygen atoms in total. The lowest BCUT2D eigenvalue weighted by molar-refractivity contribution is -0.384. The molecule has 0 atom stereocenters. The van der Waals surface area contributed by atoms with Crippen molar-refractivity contribution in [3.05, 3.63) is 28.6 Å². The molecule has 0 aromatic carbocycles. The van der Waals surface area contributed by atoms with Crippen LogP contribution in [0.5, 0.6) is 0 Å². The Hall–Kier alpha value is -1.69. The molecule has 92 valence electrons. The topological polar surface area (TPSA) is 94.1 Å². The molecule has 17 heavy (non-hydrogen) atoms. The summed E-state index contributed by atoms with van der Waals surface area (Å²) < 4.78 is 0. The fraction of sp³-hybridized carbons (Fsp3) is 0.545. The molecule has 1 fully saturated rings. The van der Waals surface area contributed by atoms with Crippen molar-refractivity contribution in [1.82, 2.24) is 4.98 Å². The third kappa shape index (κ3) is 2.36. The van der Waals surface area contributed by atoms with E-state index in [4.69, 9.17) is 5.73 Å². The number of aromatic nitrogens is 1. The molecule has 1 aromatic rings. The third-order valence-corrected chi connectivity index (χ3v) is 3.35. The van der Waals surface area contributed by atoms with E-state index < -0.39 is 4.92 Å². The Morgan fingerprint density at radius 2 is 2.24 bits per heavy atom. The molecule has 1 saturated carbocycles. The number of pyridine rings is 1. The summed E-state index contributed by atoms with van der Waals surface area (Å²) in [7, 11) is 0. The van der Waals surface area contributed by atoms with Crippen LogP contribution in [0.3, 0.4) is 0 Å². The number of hydrogen-bond donors (Lipinski definition) is 2. The highest BCUT2D eigenvalue weighted by molar-refractivity contribution is 5.61. The lowest BCUT2D eigenvalue weighted by Crippen LogP contribution is -2.42. The van der Waals surface area contributed by atoms with Gasteiger partial charge in [-0.15, -0.1) is 0 Å². The Labute approximate surface area is 99.4 Å². The summed E-state index contributed by atoms with van der Waals surface area (Å²) in [5.74, 6) is 0. The zero-order valence-electron chi connectivity index (χ0n) is 9.56. The van der Waals surface area contributed by atoms with Gasteiger partial charge in [0.1, 0.15) is 11.9 Å². The second-order valence-electron chi connectivity index (χ2n) is 4.47. The fourth-order valence-electron chi connectivity index (χ4n) is 2.35. The van der Waals surface area contributed by atoms with Crippen LogP contribution in [0.25, 0.3) is 0 Å². The first-order valence-electron chi connectivity index (χ1n) is 5.73. The molecule has 1 aliphatic rings. The SMILES string of the molecule is NCC1(Nc2ccncc2[N+](=O)[O-])CCCC1. The van der Waals surface area contributed by atoms with Crippen molar-refractivity contribution in [3.8, 4) is 0 Å². The van der Waals surface area contributed by atoms with E-state index in [9.17, 15) is 10.1 Å². The average Bonchev–Trinajstić information content (AvgIpc) is 2.79. The second-order valence-corrected chi connectivity index (χ2v) is 4.47. The van der Waals surface area contributed by atoms with Crippen molar-refractivity contribution in [1.29, 1.82) is 0 Å². The van der Waals surface area contributed by atoms with Crippen LogP contribution in [0.1, 0.15) is 25.7 Å². The summed E-state index contributed by atoms with van der Waals surface area (Å²) in [6, 6.07) is 1.63. The number of nitrogens with one attached hydrogen (secondary N) is 1. The van der Waals surface area contributed by atoms with E-state index in [0.717, 1.165) is 25.7 Å². The fourth-order valence-corrected chi connectivity index (χ4v) is 2.35. The maximum absolute atomic E-state index is 10.9. The molecular formula is C11H16N4O2. The Morgan fingerprint density at radius 1 is 1.53 bits per heavy atom. The van der Waals surface area contributed by atoms with Gasteiger partial charge in [-0.25, -0.2) is 0 Å². The van der Waals surface area contributed by atoms with Gasteiger partial charge in [0.2, 0.25) is 0 Å². The summed E-state index contributed by atoms with van der Waals surface area (Å²) in [6.45, 7) is 0.493. The number of nitrogens with two attached hydrogens (primary N) is 1. The first kappa shape index (κ1) is 11.8. The highest BCUT2D eigenvalue weighted by atomic mass is 16.6. The first-order valence-corrected chi connectivity index (χ1v) is 5.73. The van der Waals surface area contributed by atoms with Gasteiger partial charge in [0.05, 0.1) is 4.92 Å². The summed E-state index contributed by atoms with van der Waals surface area (Å²) in [5, 5.41) is 14.1. The van der Waals surface area contributed by atoms with Crippen LogP contribution in [-0.2, 0) is 0 Å². The monoisotopic (exact) mass is 236 g/mol. The zero-order valence-corrected chi connectivity index (χ0v) is 9.56. The van der Waals surface area contributed by atoms with Gasteiger partial charge < -0.3 is 11.1 Å². The largest absolute Gasteiger partial charge is 0.373 e. The minimum absolute atomic E-state index is 0.00669. The highest BCUT2D eigenvalue weighted by Gasteiger charge is 2.33. The molecule has 0 radical (unpaired) electrons. The van der Waals surface area contributed by atoms with Crippen LogP contribution < -0.4 is 11.1 Å². The summed E-state index contributed by atoms with van der Waals surface area (Å²) >= 11 is 0. The second kappa shape index (κ2) is 4.67. The highest BCUT2D eigenvalue weighted by Crippen LogP contribution is 2.34. The van der Waals surface area contributed by atoms with Crippen LogP contribution >= 0.6 is 0 Å². The summed E-state index contributed by atoms with van der Waals surface area (Å²) in [6.07, 6.45) is 6.97. The van der Waals surface area contributed by atoms with Crippen LogP contribution in [0.2, 0.25) is 0 Å². The molecule has 0 aliphatic heterocycles. The van der Waals surface area contributed by atoms with E-state index in [0.29, 0.717) is 12.2 Å². The average molecular weight is 236 g/mol. The van der Waals surface area contributed by atoms with Crippen LogP contribution in [-0.4, -0.2) is 22.0 Å². The number of rotatable bonds is 4. The zero-order chi connectivity index (χ0) is 12.3. The minimum Gasteiger partial charge on any atom is -0.373 e. The maximum atomic E-state index is 10.9. The van der Waals surface area contributed by atoms with E-state index in [2.05, 4.69) is 10.3 Å². The molecule has 0 unspecified atom stereocenters. The molecule has 6 heteroatoms. The van der Waals surface area contributed by atoms with Crippen molar-refractivity contribution in [2.45, 2.75) is 31.2 Å². The Bertz CT molecular complexity index is 416. The van der Waals surface area contributed by atoms with Gasteiger partial charge in [-0.1, -0.05) is 12.8 Å². The van der Waals surface area contributed by atoms with E-state index in [-0.39, 0.29) is 11.2 Å². The van der Waals surface area contributed by atoms with Crippen molar-refractivity contribution >= 4 is 11.4 Å². The molecule has 0 amide bonds.